The molecule has 0 saturated carbocycles. The van der Waals surface area contributed by atoms with Crippen LogP contribution in [0, 0.1) is 0 Å². The smallest absolute Gasteiger partial charge is 0.0466 e. The molecule has 1 rings (SSSR count). The lowest BCUT2D eigenvalue weighted by Crippen LogP contribution is -2.00. The van der Waals surface area contributed by atoms with E-state index in [1.54, 1.807) is 0 Å². The molecule has 2 heteroatoms. The highest BCUT2D eigenvalue weighted by Gasteiger charge is 1.96. The first-order valence-corrected chi connectivity index (χ1v) is 7.15. The second-order valence-corrected chi connectivity index (χ2v) is 4.76. The van der Waals surface area contributed by atoms with Crippen LogP contribution in [0.3, 0.4) is 0 Å². The zero-order chi connectivity index (χ0) is 11.3. The highest BCUT2D eigenvalue weighted by Crippen LogP contribution is 2.07. The average molecular weight is 228 g/mol. The molecule has 0 aromatic heterocycles. The fourth-order valence-corrected chi connectivity index (χ4v) is 2.08. The van der Waals surface area contributed by atoms with E-state index < -0.39 is 0 Å². The van der Waals surface area contributed by atoms with E-state index in [0.29, 0.717) is 0 Å². The van der Waals surface area contributed by atoms with Crippen LogP contribution in [0.5, 0.6) is 0 Å². The Kier molecular flexibility index (Phi) is 9.97. The maximum Gasteiger partial charge on any atom is 0.0466 e. The Bertz CT molecular complexity index is 72.7. The van der Waals surface area contributed by atoms with E-state index in [2.05, 4.69) is 0 Å². The second kappa shape index (κ2) is 11.4. The first-order valence-electron chi connectivity index (χ1n) is 7.15. The summed E-state index contributed by atoms with van der Waals surface area (Å²) in [6, 6.07) is 0. The lowest BCUT2D eigenvalue weighted by atomic mass is 10.1. The van der Waals surface area contributed by atoms with Gasteiger partial charge in [0.15, 0.2) is 0 Å². The molecular weight excluding hydrogens is 200 g/mol. The molecule has 16 heavy (non-hydrogen) atoms. The number of hydrogen-bond acceptors (Lipinski definition) is 2. The van der Waals surface area contributed by atoms with Crippen molar-refractivity contribution in [2.45, 2.75) is 64.2 Å². The van der Waals surface area contributed by atoms with Crippen molar-refractivity contribution in [3.05, 3.63) is 0 Å². The molecule has 0 bridgehead atoms. The third kappa shape index (κ3) is 9.17. The first kappa shape index (κ1) is 14.0. The standard InChI is InChI=1S/C14H28O2/c1-2-4-8-12-16-14-10-6-5-9-13-15-11-7-3-1/h1-14H2. The van der Waals surface area contributed by atoms with E-state index in [-0.39, 0.29) is 0 Å². The Balaban J connectivity index is 2.00. The largest absolute Gasteiger partial charge is 0.381 e. The predicted molar refractivity (Wildman–Crippen MR) is 67.8 cm³/mol. The van der Waals surface area contributed by atoms with Gasteiger partial charge in [0.25, 0.3) is 0 Å². The van der Waals surface area contributed by atoms with Gasteiger partial charge in [-0.15, -0.1) is 0 Å². The van der Waals surface area contributed by atoms with Gasteiger partial charge >= 0.3 is 0 Å². The van der Waals surface area contributed by atoms with Gasteiger partial charge in [0.05, 0.1) is 0 Å². The maximum atomic E-state index is 5.60. The van der Waals surface area contributed by atoms with Gasteiger partial charge in [-0.25, -0.2) is 0 Å². The second-order valence-electron chi connectivity index (χ2n) is 4.76. The van der Waals surface area contributed by atoms with E-state index in [9.17, 15) is 0 Å². The van der Waals surface area contributed by atoms with E-state index >= 15 is 0 Å². The van der Waals surface area contributed by atoms with Crippen molar-refractivity contribution in [3.63, 3.8) is 0 Å². The molecule has 0 radical (unpaired) electrons. The molecule has 0 amide bonds. The van der Waals surface area contributed by atoms with E-state index in [4.69, 9.17) is 9.47 Å². The first-order chi connectivity index (χ1) is 8.00. The molecule has 1 saturated heterocycles. The zero-order valence-corrected chi connectivity index (χ0v) is 10.7. The molecule has 2 nitrogen and oxygen atoms in total. The van der Waals surface area contributed by atoms with Gasteiger partial charge in [-0.2, -0.15) is 0 Å². The summed E-state index contributed by atoms with van der Waals surface area (Å²) in [5, 5.41) is 0. The third-order valence-electron chi connectivity index (χ3n) is 3.15. The predicted octanol–water partition coefficient (Wildman–Crippen LogP) is 3.93. The summed E-state index contributed by atoms with van der Waals surface area (Å²) in [4.78, 5) is 0. The Labute approximate surface area is 101 Å². The molecule has 0 aliphatic carbocycles. The fraction of sp³-hybridized carbons (Fsp3) is 1.00. The monoisotopic (exact) mass is 228 g/mol. The molecular formula is C14H28O2. The van der Waals surface area contributed by atoms with Crippen LogP contribution in [0.15, 0.2) is 0 Å². The van der Waals surface area contributed by atoms with Crippen LogP contribution in [0.1, 0.15) is 64.2 Å². The average Bonchev–Trinajstić information content (AvgIpc) is 2.29. The van der Waals surface area contributed by atoms with Crippen molar-refractivity contribution >= 4 is 0 Å². The highest BCUT2D eigenvalue weighted by atomic mass is 16.5. The molecule has 0 unspecified atom stereocenters. The van der Waals surface area contributed by atoms with Crippen LogP contribution < -0.4 is 0 Å². The molecule has 1 aliphatic rings. The Morgan fingerprint density at radius 2 is 0.562 bits per heavy atom. The zero-order valence-electron chi connectivity index (χ0n) is 10.7. The molecule has 1 aliphatic heterocycles. The summed E-state index contributed by atoms with van der Waals surface area (Å²) in [6.07, 6.45) is 12.9. The van der Waals surface area contributed by atoms with Crippen LogP contribution in [-0.2, 0) is 9.47 Å². The van der Waals surface area contributed by atoms with Crippen LogP contribution in [-0.4, -0.2) is 26.4 Å². The van der Waals surface area contributed by atoms with Crippen molar-refractivity contribution in [2.75, 3.05) is 26.4 Å². The van der Waals surface area contributed by atoms with Gasteiger partial charge in [-0.05, 0) is 25.7 Å². The Morgan fingerprint density at radius 1 is 0.312 bits per heavy atom. The molecule has 0 spiro atoms. The van der Waals surface area contributed by atoms with Crippen molar-refractivity contribution in [1.82, 2.24) is 0 Å². The molecule has 0 aromatic rings. The number of ether oxygens (including phenoxy) is 2. The molecule has 1 heterocycles. The minimum absolute atomic E-state index is 0.959. The SMILES string of the molecule is C1CCCCOCCCCCCOCCC1. The van der Waals surface area contributed by atoms with Crippen molar-refractivity contribution < 1.29 is 9.47 Å². The minimum Gasteiger partial charge on any atom is -0.381 e. The van der Waals surface area contributed by atoms with E-state index in [1.165, 1.54) is 64.2 Å². The molecule has 0 aromatic carbocycles. The van der Waals surface area contributed by atoms with Gasteiger partial charge in [0.2, 0.25) is 0 Å². The molecule has 1 fully saturated rings. The van der Waals surface area contributed by atoms with Crippen molar-refractivity contribution in [2.24, 2.45) is 0 Å². The third-order valence-corrected chi connectivity index (χ3v) is 3.15. The maximum absolute atomic E-state index is 5.60. The van der Waals surface area contributed by atoms with Gasteiger partial charge in [-0.3, -0.25) is 0 Å². The minimum atomic E-state index is 0.959. The quantitative estimate of drug-likeness (QED) is 0.625. The molecule has 96 valence electrons. The Hall–Kier alpha value is -0.0800. The summed E-state index contributed by atoms with van der Waals surface area (Å²) < 4.78 is 11.2. The highest BCUT2D eigenvalue weighted by molar-refractivity contribution is 4.48. The van der Waals surface area contributed by atoms with Crippen LogP contribution in [0.25, 0.3) is 0 Å². The van der Waals surface area contributed by atoms with Crippen LogP contribution in [0.4, 0.5) is 0 Å². The van der Waals surface area contributed by atoms with Gasteiger partial charge in [0, 0.05) is 26.4 Å². The van der Waals surface area contributed by atoms with Gasteiger partial charge in [0.1, 0.15) is 0 Å². The summed E-state index contributed by atoms with van der Waals surface area (Å²) in [5.74, 6) is 0. The normalized spacial score (nSPS) is 24.0. The number of rotatable bonds is 0. The summed E-state index contributed by atoms with van der Waals surface area (Å²) in [7, 11) is 0. The van der Waals surface area contributed by atoms with Crippen LogP contribution >= 0.6 is 0 Å². The fourth-order valence-electron chi connectivity index (χ4n) is 2.08. The lowest BCUT2D eigenvalue weighted by Gasteiger charge is -2.07. The summed E-state index contributed by atoms with van der Waals surface area (Å²) in [6.45, 7) is 3.87. The topological polar surface area (TPSA) is 18.5 Å². The van der Waals surface area contributed by atoms with Gasteiger partial charge in [-0.1, -0.05) is 38.5 Å². The summed E-state index contributed by atoms with van der Waals surface area (Å²) >= 11 is 0. The molecule has 0 atom stereocenters. The van der Waals surface area contributed by atoms with Crippen molar-refractivity contribution in [1.29, 1.82) is 0 Å². The lowest BCUT2D eigenvalue weighted by molar-refractivity contribution is 0.115. The van der Waals surface area contributed by atoms with Crippen molar-refractivity contribution in [3.8, 4) is 0 Å². The Morgan fingerprint density at radius 3 is 0.875 bits per heavy atom. The number of hydrogen-bond donors (Lipinski definition) is 0. The van der Waals surface area contributed by atoms with Gasteiger partial charge < -0.3 is 9.47 Å². The summed E-state index contributed by atoms with van der Waals surface area (Å²) in [5.41, 5.74) is 0. The van der Waals surface area contributed by atoms with E-state index in [1.807, 2.05) is 0 Å². The van der Waals surface area contributed by atoms with Crippen LogP contribution in [0.2, 0.25) is 0 Å². The van der Waals surface area contributed by atoms with E-state index in [0.717, 1.165) is 26.4 Å². The molecule has 0 N–H and O–H groups in total.